The van der Waals surface area contributed by atoms with E-state index in [1.165, 1.54) is 0 Å². The van der Waals surface area contributed by atoms with Crippen molar-refractivity contribution in [3.8, 4) is 11.5 Å². The maximum absolute atomic E-state index is 5.94. The van der Waals surface area contributed by atoms with E-state index in [2.05, 4.69) is 32.7 Å². The predicted octanol–water partition coefficient (Wildman–Crippen LogP) is 3.31. The minimum absolute atomic E-state index is 0. The zero-order valence-electron chi connectivity index (χ0n) is 18.2. The number of nitrogens with zero attached hydrogens (tertiary/aromatic N) is 4. The second-order valence-electron chi connectivity index (χ2n) is 6.90. The second kappa shape index (κ2) is 13.0. The van der Waals surface area contributed by atoms with Crippen LogP contribution < -0.4 is 20.1 Å². The van der Waals surface area contributed by atoms with Crippen LogP contribution in [-0.2, 0) is 6.42 Å². The summed E-state index contributed by atoms with van der Waals surface area (Å²) in [4.78, 5) is 4.64. The highest BCUT2D eigenvalue weighted by atomic mass is 127. The van der Waals surface area contributed by atoms with Crippen molar-refractivity contribution in [1.82, 2.24) is 25.2 Å². The minimum atomic E-state index is -0.0603. The summed E-state index contributed by atoms with van der Waals surface area (Å²) in [6, 6.07) is 13.5. The molecule has 0 amide bonds. The third-order valence-electron chi connectivity index (χ3n) is 4.48. The number of hydrogen-bond acceptors (Lipinski definition) is 5. The Kier molecular flexibility index (Phi) is 10.3. The molecule has 8 nitrogen and oxygen atoms in total. The van der Waals surface area contributed by atoms with Crippen LogP contribution in [0.5, 0.6) is 11.5 Å². The van der Waals surface area contributed by atoms with Crippen molar-refractivity contribution in [3.63, 3.8) is 0 Å². The molecule has 0 fully saturated rings. The Morgan fingerprint density at radius 2 is 1.97 bits per heavy atom. The first kappa shape index (κ1) is 24.7. The van der Waals surface area contributed by atoms with Crippen LogP contribution in [-0.4, -0.2) is 53.4 Å². The van der Waals surface area contributed by atoms with Crippen molar-refractivity contribution in [2.24, 2.45) is 4.99 Å². The van der Waals surface area contributed by atoms with Gasteiger partial charge in [-0.3, -0.25) is 4.40 Å². The lowest BCUT2D eigenvalue weighted by Crippen LogP contribution is -2.38. The largest absolute Gasteiger partial charge is 0.497 e. The van der Waals surface area contributed by atoms with E-state index in [0.717, 1.165) is 54.9 Å². The quantitative estimate of drug-likeness (QED) is 0.178. The van der Waals surface area contributed by atoms with Crippen LogP contribution in [0.1, 0.15) is 26.1 Å². The fourth-order valence-corrected chi connectivity index (χ4v) is 3.02. The molecular formula is C22H31IN6O2. The Morgan fingerprint density at radius 1 is 1.13 bits per heavy atom. The molecule has 1 aromatic carbocycles. The van der Waals surface area contributed by atoms with E-state index in [-0.39, 0.29) is 30.1 Å². The third kappa shape index (κ3) is 7.57. The molecular weight excluding hydrogens is 507 g/mol. The number of aromatic nitrogens is 3. The lowest BCUT2D eigenvalue weighted by molar-refractivity contribution is 0.229. The summed E-state index contributed by atoms with van der Waals surface area (Å²) in [6.45, 7) is 6.19. The number of hydrogen-bond donors (Lipinski definition) is 2. The number of aryl methyl sites for hydroxylation is 1. The minimum Gasteiger partial charge on any atom is -0.497 e. The van der Waals surface area contributed by atoms with Gasteiger partial charge in [-0.05, 0) is 44.5 Å². The number of fused-ring (bicyclic) bond motifs is 1. The van der Waals surface area contributed by atoms with E-state index in [0.29, 0.717) is 6.54 Å². The molecule has 31 heavy (non-hydrogen) atoms. The summed E-state index contributed by atoms with van der Waals surface area (Å²) < 4.78 is 13.2. The Bertz CT molecular complexity index is 962. The van der Waals surface area contributed by atoms with Crippen molar-refractivity contribution < 1.29 is 9.47 Å². The molecule has 3 aromatic rings. The number of pyridine rings is 1. The number of methoxy groups -OCH3 is 1. The Morgan fingerprint density at radius 3 is 2.77 bits per heavy atom. The summed E-state index contributed by atoms with van der Waals surface area (Å²) in [5, 5.41) is 15.1. The molecule has 0 spiro atoms. The number of nitrogens with one attached hydrogen (secondary N) is 2. The summed E-state index contributed by atoms with van der Waals surface area (Å²) in [7, 11) is 1.65. The SMILES string of the molecule is CCNC(=NCC(C)Oc1cccc(OC)c1)NCCCc1nnc2ccccn12.I. The Hall–Kier alpha value is -2.56. The molecule has 0 aliphatic carbocycles. The summed E-state index contributed by atoms with van der Waals surface area (Å²) >= 11 is 0. The van der Waals surface area contributed by atoms with Crippen molar-refractivity contribution in [2.45, 2.75) is 32.8 Å². The van der Waals surface area contributed by atoms with Gasteiger partial charge in [-0.1, -0.05) is 12.1 Å². The van der Waals surface area contributed by atoms with E-state index in [9.17, 15) is 0 Å². The van der Waals surface area contributed by atoms with Crippen LogP contribution in [0.25, 0.3) is 5.65 Å². The van der Waals surface area contributed by atoms with E-state index >= 15 is 0 Å². The molecule has 2 heterocycles. The molecule has 0 aliphatic rings. The lowest BCUT2D eigenvalue weighted by Gasteiger charge is -2.15. The summed E-state index contributed by atoms with van der Waals surface area (Å²) in [5.74, 6) is 3.30. The molecule has 0 aliphatic heterocycles. The highest BCUT2D eigenvalue weighted by Gasteiger charge is 2.07. The number of aliphatic imine (C=N–C) groups is 1. The van der Waals surface area contributed by atoms with Crippen molar-refractivity contribution in [2.75, 3.05) is 26.7 Å². The molecule has 0 bridgehead atoms. The first-order valence-electron chi connectivity index (χ1n) is 10.3. The molecule has 3 rings (SSSR count). The van der Waals surface area contributed by atoms with Crippen LogP contribution in [0.2, 0.25) is 0 Å². The zero-order chi connectivity index (χ0) is 21.2. The van der Waals surface area contributed by atoms with Gasteiger partial charge in [0.25, 0.3) is 0 Å². The topological polar surface area (TPSA) is 85.1 Å². The van der Waals surface area contributed by atoms with Gasteiger partial charge in [-0.15, -0.1) is 34.2 Å². The maximum atomic E-state index is 5.94. The van der Waals surface area contributed by atoms with Gasteiger partial charge in [0.15, 0.2) is 11.6 Å². The molecule has 2 N–H and O–H groups in total. The Labute approximate surface area is 200 Å². The Balaban J connectivity index is 0.00000341. The van der Waals surface area contributed by atoms with Gasteiger partial charge in [-0.2, -0.15) is 0 Å². The molecule has 0 radical (unpaired) electrons. The number of guanidine groups is 1. The van der Waals surface area contributed by atoms with Gasteiger partial charge in [-0.25, -0.2) is 4.99 Å². The predicted molar refractivity (Wildman–Crippen MR) is 134 cm³/mol. The highest BCUT2D eigenvalue weighted by molar-refractivity contribution is 14.0. The average Bonchev–Trinajstić information content (AvgIpc) is 3.18. The molecule has 1 unspecified atom stereocenters. The standard InChI is InChI=1S/C22H30N6O2.HI/c1-4-23-22(25-16-17(2)30-19-10-7-9-18(15-19)29-3)24-13-8-12-21-27-26-20-11-5-6-14-28(20)21;/h5-7,9-11,14-15,17H,4,8,12-13,16H2,1-3H3,(H2,23,24,25);1H. The molecule has 0 saturated carbocycles. The summed E-state index contributed by atoms with van der Waals surface area (Å²) in [5.41, 5.74) is 0.875. The average molecular weight is 538 g/mol. The monoisotopic (exact) mass is 538 g/mol. The van der Waals surface area contributed by atoms with E-state index in [4.69, 9.17) is 9.47 Å². The van der Waals surface area contributed by atoms with Gasteiger partial charge in [0, 0.05) is 31.8 Å². The van der Waals surface area contributed by atoms with Gasteiger partial charge in [0.2, 0.25) is 0 Å². The smallest absolute Gasteiger partial charge is 0.191 e. The van der Waals surface area contributed by atoms with Gasteiger partial charge < -0.3 is 20.1 Å². The van der Waals surface area contributed by atoms with Crippen LogP contribution in [0.15, 0.2) is 53.7 Å². The van der Waals surface area contributed by atoms with Gasteiger partial charge >= 0.3 is 0 Å². The second-order valence-corrected chi connectivity index (χ2v) is 6.90. The molecule has 0 saturated heterocycles. The van der Waals surface area contributed by atoms with Crippen LogP contribution in [0.3, 0.4) is 0 Å². The van der Waals surface area contributed by atoms with E-state index < -0.39 is 0 Å². The van der Waals surface area contributed by atoms with Crippen LogP contribution in [0, 0.1) is 0 Å². The zero-order valence-corrected chi connectivity index (χ0v) is 20.6. The van der Waals surface area contributed by atoms with E-state index in [1.54, 1.807) is 7.11 Å². The number of benzene rings is 1. The van der Waals surface area contributed by atoms with Gasteiger partial charge in [0.05, 0.1) is 13.7 Å². The maximum Gasteiger partial charge on any atom is 0.191 e. The van der Waals surface area contributed by atoms with Gasteiger partial charge in [0.1, 0.15) is 23.4 Å². The molecule has 9 heteroatoms. The van der Waals surface area contributed by atoms with Crippen molar-refractivity contribution in [3.05, 3.63) is 54.5 Å². The third-order valence-corrected chi connectivity index (χ3v) is 4.48. The summed E-state index contributed by atoms with van der Waals surface area (Å²) in [6.07, 6.45) is 3.70. The highest BCUT2D eigenvalue weighted by Crippen LogP contribution is 2.19. The molecule has 1 atom stereocenters. The van der Waals surface area contributed by atoms with Crippen molar-refractivity contribution in [1.29, 1.82) is 0 Å². The number of halogens is 1. The normalized spacial score (nSPS) is 12.2. The van der Waals surface area contributed by atoms with Crippen molar-refractivity contribution >= 4 is 35.6 Å². The lowest BCUT2D eigenvalue weighted by atomic mass is 10.3. The fraction of sp³-hybridized carbons (Fsp3) is 0.409. The first-order valence-corrected chi connectivity index (χ1v) is 10.3. The first-order chi connectivity index (χ1) is 14.7. The van der Waals surface area contributed by atoms with E-state index in [1.807, 2.05) is 60.0 Å². The van der Waals surface area contributed by atoms with Crippen LogP contribution >= 0.6 is 24.0 Å². The number of rotatable bonds is 10. The molecule has 2 aromatic heterocycles. The van der Waals surface area contributed by atoms with Crippen LogP contribution in [0.4, 0.5) is 0 Å². The number of ether oxygens (including phenoxy) is 2. The fourth-order valence-electron chi connectivity index (χ4n) is 3.02. The molecule has 168 valence electrons.